The number of benzene rings is 1. The number of imide groups is 2. The van der Waals surface area contributed by atoms with Gasteiger partial charge in [0.05, 0.1) is 17.2 Å². The van der Waals surface area contributed by atoms with E-state index >= 15 is 0 Å². The molecule has 0 radical (unpaired) electrons. The number of rotatable bonds is 7. The van der Waals surface area contributed by atoms with Crippen molar-refractivity contribution in [3.8, 4) is 0 Å². The van der Waals surface area contributed by atoms with E-state index in [0.717, 1.165) is 21.5 Å². The highest BCUT2D eigenvalue weighted by Crippen LogP contribution is 2.32. The van der Waals surface area contributed by atoms with Gasteiger partial charge < -0.3 is 14.7 Å². The second-order valence-electron chi connectivity index (χ2n) is 9.83. The quantitative estimate of drug-likeness (QED) is 0.372. The lowest BCUT2D eigenvalue weighted by atomic mass is 10.0. The highest BCUT2D eigenvalue weighted by Gasteiger charge is 2.47. The molecule has 1 N–H and O–H groups in total. The number of aliphatic hydroxyl groups excluding tert-OH is 1. The third kappa shape index (κ3) is 4.22. The Morgan fingerprint density at radius 1 is 1.06 bits per heavy atom. The predicted octanol–water partition coefficient (Wildman–Crippen LogP) is 1.29. The third-order valence-corrected chi connectivity index (χ3v) is 7.85. The van der Waals surface area contributed by atoms with Crippen LogP contribution in [0.2, 0.25) is 25.7 Å². The molecule has 3 heterocycles. The molecular weight excluding hydrogens is 430 g/mol. The van der Waals surface area contributed by atoms with Crippen molar-refractivity contribution in [1.29, 1.82) is 0 Å². The van der Waals surface area contributed by atoms with Gasteiger partial charge in [0.25, 0.3) is 17.7 Å². The van der Waals surface area contributed by atoms with Crippen LogP contribution >= 0.6 is 0 Å². The molecule has 4 amide bonds. The van der Waals surface area contributed by atoms with Crippen LogP contribution in [-0.4, -0.2) is 85.2 Å². The molecule has 9 nitrogen and oxygen atoms in total. The van der Waals surface area contributed by atoms with Crippen LogP contribution in [0.25, 0.3) is 0 Å². The molecule has 4 rings (SSSR count). The number of fused-ring (bicyclic) bond motifs is 1. The number of β-amino-alcohol motifs (C(OH)–C–C–N with tert-alkyl or cyclic N) is 1. The van der Waals surface area contributed by atoms with Crippen LogP contribution in [0.3, 0.4) is 0 Å². The zero-order valence-corrected chi connectivity index (χ0v) is 19.7. The average Bonchev–Trinajstić information content (AvgIpc) is 2.94. The summed E-state index contributed by atoms with van der Waals surface area (Å²) in [7, 11) is -1.31. The monoisotopic (exact) mass is 459 g/mol. The van der Waals surface area contributed by atoms with Crippen LogP contribution in [-0.2, 0) is 14.3 Å². The van der Waals surface area contributed by atoms with Gasteiger partial charge >= 0.3 is 0 Å². The maximum atomic E-state index is 13.1. The topological polar surface area (TPSA) is 107 Å². The number of carbonyl (C=O) groups excluding carboxylic acids is 4. The van der Waals surface area contributed by atoms with E-state index in [2.05, 4.69) is 19.6 Å². The number of carbonyl (C=O) groups is 4. The van der Waals surface area contributed by atoms with Gasteiger partial charge in [-0.15, -0.1) is 0 Å². The molecule has 2 fully saturated rings. The fourth-order valence-electron chi connectivity index (χ4n) is 4.12. The third-order valence-electron chi connectivity index (χ3n) is 6.14. The first-order valence-electron chi connectivity index (χ1n) is 10.9. The Kier molecular flexibility index (Phi) is 5.95. The molecule has 0 saturated carbocycles. The number of hydrogen-bond donors (Lipinski definition) is 1. The first-order chi connectivity index (χ1) is 15.1. The number of likely N-dealkylation sites (tertiary alicyclic amines) is 1. The maximum absolute atomic E-state index is 13.1. The van der Waals surface area contributed by atoms with Crippen LogP contribution in [0.1, 0.15) is 33.6 Å². The fraction of sp³-hybridized carbons (Fsp3) is 0.545. The van der Waals surface area contributed by atoms with Gasteiger partial charge in [-0.2, -0.15) is 0 Å². The number of amides is 4. The Morgan fingerprint density at radius 2 is 1.75 bits per heavy atom. The van der Waals surface area contributed by atoms with Crippen molar-refractivity contribution in [3.05, 3.63) is 29.3 Å². The number of nitrogens with zero attached hydrogens (tertiary/aromatic N) is 3. The Hall–Kier alpha value is -2.56. The molecule has 32 heavy (non-hydrogen) atoms. The van der Waals surface area contributed by atoms with E-state index in [1.165, 1.54) is 0 Å². The van der Waals surface area contributed by atoms with E-state index < -0.39 is 37.9 Å². The van der Waals surface area contributed by atoms with E-state index in [0.29, 0.717) is 19.7 Å². The summed E-state index contributed by atoms with van der Waals surface area (Å²) in [5.41, 5.74) is 1.25. The average molecular weight is 460 g/mol. The molecule has 2 saturated heterocycles. The van der Waals surface area contributed by atoms with Crippen molar-refractivity contribution in [3.63, 3.8) is 0 Å². The van der Waals surface area contributed by atoms with E-state index in [1.54, 1.807) is 18.2 Å². The van der Waals surface area contributed by atoms with Crippen molar-refractivity contribution in [1.82, 2.24) is 9.80 Å². The number of anilines is 1. The molecule has 0 bridgehead atoms. The molecule has 172 valence electrons. The first-order valence-corrected chi connectivity index (χ1v) is 14.6. The lowest BCUT2D eigenvalue weighted by molar-refractivity contribution is -0.157. The number of aliphatic hydroxyl groups is 1. The Labute approximate surface area is 187 Å². The van der Waals surface area contributed by atoms with Gasteiger partial charge in [-0.25, -0.2) is 0 Å². The van der Waals surface area contributed by atoms with Crippen LogP contribution in [0.5, 0.6) is 0 Å². The molecule has 10 heteroatoms. The highest BCUT2D eigenvalue weighted by molar-refractivity contribution is 6.76. The fourth-order valence-corrected chi connectivity index (χ4v) is 4.88. The van der Waals surface area contributed by atoms with Crippen LogP contribution in [0.15, 0.2) is 18.2 Å². The number of piperidine rings is 1. The minimum absolute atomic E-state index is 0.0676. The SMILES string of the molecule is C[Si](C)(C)CCOCN1C(=O)CCC(N2C(=O)c3ccc(N4CC(O)C4)cc3C2=O)C1=O. The van der Waals surface area contributed by atoms with Crippen molar-refractivity contribution >= 4 is 37.4 Å². The summed E-state index contributed by atoms with van der Waals surface area (Å²) >= 11 is 0. The zero-order valence-electron chi connectivity index (χ0n) is 18.7. The largest absolute Gasteiger partial charge is 0.389 e. The van der Waals surface area contributed by atoms with Gasteiger partial charge in [0.2, 0.25) is 5.91 Å². The maximum Gasteiger partial charge on any atom is 0.262 e. The van der Waals surface area contributed by atoms with Gasteiger partial charge in [0.15, 0.2) is 0 Å². The van der Waals surface area contributed by atoms with E-state index in [-0.39, 0.29) is 36.6 Å². The smallest absolute Gasteiger partial charge is 0.262 e. The molecule has 1 atom stereocenters. The van der Waals surface area contributed by atoms with E-state index in [9.17, 15) is 24.3 Å². The van der Waals surface area contributed by atoms with E-state index in [4.69, 9.17) is 4.74 Å². The molecule has 0 aliphatic carbocycles. The lowest BCUT2D eigenvalue weighted by Crippen LogP contribution is -2.56. The van der Waals surface area contributed by atoms with Crippen molar-refractivity contribution in [2.24, 2.45) is 0 Å². The number of hydrogen-bond acceptors (Lipinski definition) is 7. The second kappa shape index (κ2) is 8.42. The van der Waals surface area contributed by atoms with Gasteiger partial charge in [-0.1, -0.05) is 19.6 Å². The first kappa shape index (κ1) is 22.6. The Bertz CT molecular complexity index is 969. The summed E-state index contributed by atoms with van der Waals surface area (Å²) in [6, 6.07) is 4.85. The highest BCUT2D eigenvalue weighted by atomic mass is 28.3. The summed E-state index contributed by atoms with van der Waals surface area (Å²) in [6.45, 7) is 7.87. The van der Waals surface area contributed by atoms with Crippen LogP contribution < -0.4 is 4.90 Å². The molecule has 1 aromatic rings. The van der Waals surface area contributed by atoms with Gasteiger partial charge in [0, 0.05) is 39.9 Å². The molecule has 1 aromatic carbocycles. The Morgan fingerprint density at radius 3 is 2.41 bits per heavy atom. The molecule has 0 spiro atoms. The summed E-state index contributed by atoms with van der Waals surface area (Å²) in [6.07, 6.45) is -0.217. The van der Waals surface area contributed by atoms with Crippen LogP contribution in [0, 0.1) is 0 Å². The zero-order chi connectivity index (χ0) is 23.2. The summed E-state index contributed by atoms with van der Waals surface area (Å²) in [4.78, 5) is 55.4. The second-order valence-corrected chi connectivity index (χ2v) is 15.5. The standard InChI is InChI=1S/C22H29N3O6Si/c1-32(2,3)9-8-31-13-24-19(27)7-6-18(22(24)30)25-20(28)16-5-4-14(10-17(16)21(25)29)23-11-15(26)12-23/h4-5,10,15,18,26H,6-9,11-13H2,1-3H3. The molecule has 3 aliphatic rings. The predicted molar refractivity (Wildman–Crippen MR) is 119 cm³/mol. The molecule has 3 aliphatic heterocycles. The van der Waals surface area contributed by atoms with Crippen molar-refractivity contribution in [2.45, 2.75) is 50.7 Å². The minimum Gasteiger partial charge on any atom is -0.389 e. The summed E-state index contributed by atoms with van der Waals surface area (Å²) in [5, 5.41) is 9.52. The summed E-state index contributed by atoms with van der Waals surface area (Å²) < 4.78 is 5.59. The van der Waals surface area contributed by atoms with Gasteiger partial charge in [-0.3, -0.25) is 29.0 Å². The molecular formula is C22H29N3O6Si. The minimum atomic E-state index is -1.31. The lowest BCUT2D eigenvalue weighted by Gasteiger charge is -2.38. The number of ether oxygens (including phenoxy) is 1. The molecule has 1 unspecified atom stereocenters. The van der Waals surface area contributed by atoms with Gasteiger partial charge in [-0.05, 0) is 30.7 Å². The Balaban J connectivity index is 1.47. The normalized spacial score (nSPS) is 22.0. The summed E-state index contributed by atoms with van der Waals surface area (Å²) in [5.74, 6) is -1.97. The van der Waals surface area contributed by atoms with Crippen LogP contribution in [0.4, 0.5) is 5.69 Å². The van der Waals surface area contributed by atoms with Crippen molar-refractivity contribution < 1.29 is 29.0 Å². The molecule has 0 aromatic heterocycles. The van der Waals surface area contributed by atoms with Gasteiger partial charge in [0.1, 0.15) is 12.8 Å². The van der Waals surface area contributed by atoms with Crippen molar-refractivity contribution in [2.75, 3.05) is 31.3 Å². The van der Waals surface area contributed by atoms with E-state index in [1.807, 2.05) is 4.90 Å².